The van der Waals surface area contributed by atoms with E-state index in [4.69, 9.17) is 4.84 Å². The molecule has 0 atom stereocenters. The molecule has 4 nitrogen and oxygen atoms in total. The van der Waals surface area contributed by atoms with Crippen LogP contribution in [-0.2, 0) is 4.84 Å². The molecule has 0 saturated carbocycles. The molecule has 17 heavy (non-hydrogen) atoms. The van der Waals surface area contributed by atoms with Crippen molar-refractivity contribution in [3.63, 3.8) is 0 Å². The molecule has 1 aromatic carbocycles. The van der Waals surface area contributed by atoms with Gasteiger partial charge in [-0.3, -0.25) is 15.3 Å². The maximum atomic E-state index is 5.19. The summed E-state index contributed by atoms with van der Waals surface area (Å²) in [5, 5.41) is 2.87. The van der Waals surface area contributed by atoms with Crippen LogP contribution >= 0.6 is 0 Å². The molecule has 86 valence electrons. The van der Waals surface area contributed by atoms with Crippen molar-refractivity contribution in [3.8, 4) is 11.8 Å². The first-order valence-electron chi connectivity index (χ1n) is 5.30. The average molecular weight is 227 g/mol. The lowest BCUT2D eigenvalue weighted by molar-refractivity contribution is 0.0888. The van der Waals surface area contributed by atoms with Crippen molar-refractivity contribution in [1.82, 2.24) is 10.8 Å². The molecule has 0 radical (unpaired) electrons. The number of rotatable bonds is 3. The molecule has 1 aliphatic rings. The van der Waals surface area contributed by atoms with Gasteiger partial charge in [-0.15, -0.1) is 0 Å². The van der Waals surface area contributed by atoms with Crippen molar-refractivity contribution >= 4 is 6.34 Å². The fraction of sp³-hybridized carbons (Fsp3) is 0.154. The Morgan fingerprint density at radius 1 is 1.35 bits per heavy atom. The van der Waals surface area contributed by atoms with E-state index in [2.05, 4.69) is 27.6 Å². The lowest BCUT2D eigenvalue weighted by Crippen LogP contribution is -2.22. The molecule has 0 aromatic heterocycles. The van der Waals surface area contributed by atoms with Crippen LogP contribution in [0.2, 0.25) is 0 Å². The largest absolute Gasteiger partial charge is 0.351 e. The number of hydrogen-bond donors (Lipinski definition) is 2. The van der Waals surface area contributed by atoms with Gasteiger partial charge in [0.25, 0.3) is 0 Å². The van der Waals surface area contributed by atoms with Gasteiger partial charge in [-0.2, -0.15) is 0 Å². The molecule has 0 bridgehead atoms. The normalized spacial score (nSPS) is 13.1. The fourth-order valence-corrected chi connectivity index (χ4v) is 1.27. The summed E-state index contributed by atoms with van der Waals surface area (Å²) in [7, 11) is 0. The minimum atomic E-state index is 0.329. The summed E-state index contributed by atoms with van der Waals surface area (Å²) in [4.78, 5) is 9.21. The van der Waals surface area contributed by atoms with Crippen LogP contribution in [0.3, 0.4) is 0 Å². The summed E-state index contributed by atoms with van der Waals surface area (Å²) >= 11 is 0. The highest BCUT2D eigenvalue weighted by Crippen LogP contribution is 1.94. The van der Waals surface area contributed by atoms with Crippen molar-refractivity contribution in [1.29, 1.82) is 0 Å². The molecule has 0 amide bonds. The van der Waals surface area contributed by atoms with Crippen LogP contribution < -0.4 is 10.8 Å². The van der Waals surface area contributed by atoms with Gasteiger partial charge in [0.05, 0.1) is 18.6 Å². The highest BCUT2D eigenvalue weighted by atomic mass is 16.6. The SMILES string of the molecule is C(#Cc1ccccc1)CONC1=CNC=NC1. The molecule has 0 unspecified atom stereocenters. The van der Waals surface area contributed by atoms with Crippen LogP contribution in [0.15, 0.2) is 47.2 Å². The standard InChI is InChI=1S/C13H13N3O/c1-2-5-12(6-3-1)7-4-8-17-16-13-9-14-11-15-10-13/h1-3,5-6,9,11,16H,8,10H2,(H,14,15). The summed E-state index contributed by atoms with van der Waals surface area (Å²) in [6, 6.07) is 9.80. The maximum Gasteiger partial charge on any atom is 0.135 e. The number of nitrogens with one attached hydrogen (secondary N) is 2. The van der Waals surface area contributed by atoms with E-state index in [-0.39, 0.29) is 0 Å². The Kier molecular flexibility index (Phi) is 4.20. The minimum absolute atomic E-state index is 0.329. The number of hydroxylamine groups is 1. The molecule has 2 rings (SSSR count). The average Bonchev–Trinajstić information content (AvgIpc) is 2.41. The van der Waals surface area contributed by atoms with E-state index >= 15 is 0 Å². The molecule has 0 saturated heterocycles. The van der Waals surface area contributed by atoms with Gasteiger partial charge in [0.2, 0.25) is 0 Å². The molecular weight excluding hydrogens is 214 g/mol. The smallest absolute Gasteiger partial charge is 0.135 e. The maximum absolute atomic E-state index is 5.19. The van der Waals surface area contributed by atoms with Crippen molar-refractivity contribution in [2.45, 2.75) is 0 Å². The van der Waals surface area contributed by atoms with E-state index in [9.17, 15) is 0 Å². The van der Waals surface area contributed by atoms with Gasteiger partial charge in [0.1, 0.15) is 6.61 Å². The Bertz CT molecular complexity index is 468. The lowest BCUT2D eigenvalue weighted by atomic mass is 10.2. The molecule has 1 aliphatic heterocycles. The third-order valence-corrected chi connectivity index (χ3v) is 2.04. The van der Waals surface area contributed by atoms with Gasteiger partial charge >= 0.3 is 0 Å². The first-order chi connectivity index (χ1) is 8.45. The quantitative estimate of drug-likeness (QED) is 0.460. The topological polar surface area (TPSA) is 45.6 Å². The summed E-state index contributed by atoms with van der Waals surface area (Å²) in [5.74, 6) is 5.92. The number of nitrogens with zero attached hydrogens (tertiary/aromatic N) is 1. The molecule has 1 heterocycles. The van der Waals surface area contributed by atoms with E-state index < -0.39 is 0 Å². The minimum Gasteiger partial charge on any atom is -0.351 e. The second-order valence-electron chi connectivity index (χ2n) is 3.36. The second kappa shape index (κ2) is 6.36. The molecule has 0 fully saturated rings. The third-order valence-electron chi connectivity index (χ3n) is 2.04. The lowest BCUT2D eigenvalue weighted by Gasteiger charge is -2.09. The first kappa shape index (κ1) is 11.2. The van der Waals surface area contributed by atoms with Crippen LogP contribution in [0.1, 0.15) is 5.56 Å². The Labute approximate surface area is 100 Å². The van der Waals surface area contributed by atoms with Gasteiger partial charge in [0, 0.05) is 11.8 Å². The fourth-order valence-electron chi connectivity index (χ4n) is 1.27. The summed E-state index contributed by atoms with van der Waals surface area (Å²) in [5.41, 5.74) is 4.66. The Morgan fingerprint density at radius 2 is 2.24 bits per heavy atom. The van der Waals surface area contributed by atoms with E-state index in [1.807, 2.05) is 30.3 Å². The van der Waals surface area contributed by atoms with Crippen LogP contribution in [0.4, 0.5) is 0 Å². The van der Waals surface area contributed by atoms with Crippen LogP contribution in [0, 0.1) is 11.8 Å². The van der Waals surface area contributed by atoms with Crippen LogP contribution in [-0.4, -0.2) is 19.5 Å². The van der Waals surface area contributed by atoms with Crippen LogP contribution in [0.25, 0.3) is 0 Å². The van der Waals surface area contributed by atoms with Crippen molar-refractivity contribution in [3.05, 3.63) is 47.8 Å². The van der Waals surface area contributed by atoms with Gasteiger partial charge < -0.3 is 5.32 Å². The third kappa shape index (κ3) is 4.01. The first-order valence-corrected chi connectivity index (χ1v) is 5.30. The van der Waals surface area contributed by atoms with Gasteiger partial charge in [-0.25, -0.2) is 0 Å². The number of hydrogen-bond acceptors (Lipinski definition) is 4. The van der Waals surface area contributed by atoms with Gasteiger partial charge in [-0.1, -0.05) is 30.0 Å². The molecule has 0 spiro atoms. The molecule has 1 aromatic rings. The van der Waals surface area contributed by atoms with E-state index in [0.717, 1.165) is 11.3 Å². The predicted molar refractivity (Wildman–Crippen MR) is 67.0 cm³/mol. The number of benzene rings is 1. The van der Waals surface area contributed by atoms with E-state index in [1.54, 1.807) is 12.5 Å². The van der Waals surface area contributed by atoms with E-state index in [1.165, 1.54) is 0 Å². The van der Waals surface area contributed by atoms with E-state index in [0.29, 0.717) is 13.2 Å². The summed E-state index contributed by atoms with van der Waals surface area (Å²) in [6.07, 6.45) is 3.44. The van der Waals surface area contributed by atoms with Crippen LogP contribution in [0.5, 0.6) is 0 Å². The summed E-state index contributed by atoms with van der Waals surface area (Å²) < 4.78 is 0. The van der Waals surface area contributed by atoms with Gasteiger partial charge in [0.15, 0.2) is 0 Å². The monoisotopic (exact) mass is 227 g/mol. The zero-order chi connectivity index (χ0) is 11.8. The Morgan fingerprint density at radius 3 is 3.00 bits per heavy atom. The Hall–Kier alpha value is -2.25. The van der Waals surface area contributed by atoms with Crippen molar-refractivity contribution in [2.24, 2.45) is 4.99 Å². The van der Waals surface area contributed by atoms with Crippen molar-refractivity contribution < 1.29 is 4.84 Å². The van der Waals surface area contributed by atoms with Crippen molar-refractivity contribution in [2.75, 3.05) is 13.2 Å². The summed E-state index contributed by atoms with van der Waals surface area (Å²) in [6.45, 7) is 0.926. The second-order valence-corrected chi connectivity index (χ2v) is 3.36. The predicted octanol–water partition coefficient (Wildman–Crippen LogP) is 1.03. The van der Waals surface area contributed by atoms with Gasteiger partial charge in [-0.05, 0) is 12.1 Å². The molecule has 2 N–H and O–H groups in total. The molecule has 4 heteroatoms. The number of aliphatic imine (C=N–C) groups is 1. The highest BCUT2D eigenvalue weighted by molar-refractivity contribution is 5.57. The highest BCUT2D eigenvalue weighted by Gasteiger charge is 1.96. The zero-order valence-electron chi connectivity index (χ0n) is 9.31. The Balaban J connectivity index is 1.70. The molecular formula is C13H13N3O. The zero-order valence-corrected chi connectivity index (χ0v) is 9.31. The molecule has 0 aliphatic carbocycles.